The number of hydrogen-bond donors (Lipinski definition) is 1. The molecule has 2 aromatic rings. The minimum absolute atomic E-state index is 0. The highest BCUT2D eigenvalue weighted by Crippen LogP contribution is 2.33. The summed E-state index contributed by atoms with van der Waals surface area (Å²) in [6, 6.07) is 5.40. The Kier molecular flexibility index (Phi) is 10.5. The van der Waals surface area contributed by atoms with Crippen molar-refractivity contribution in [2.75, 3.05) is 24.8 Å². The molecule has 0 spiro atoms. The van der Waals surface area contributed by atoms with E-state index in [0.29, 0.717) is 41.9 Å². The summed E-state index contributed by atoms with van der Waals surface area (Å²) in [6.07, 6.45) is 1.64. The number of halogens is 5. The van der Waals surface area contributed by atoms with Gasteiger partial charge in [-0.25, -0.2) is 0 Å². The molecule has 0 unspecified atom stereocenters. The number of rotatable bonds is 6. The first kappa shape index (κ1) is 21.8. The predicted octanol–water partition coefficient (Wildman–Crippen LogP) is 4.72. The van der Waals surface area contributed by atoms with Crippen LogP contribution in [-0.2, 0) is 6.54 Å². The van der Waals surface area contributed by atoms with Gasteiger partial charge in [0.15, 0.2) is 0 Å². The molecular formula is C14H17Cl5N2O. The van der Waals surface area contributed by atoms with Crippen molar-refractivity contribution in [3.05, 3.63) is 35.0 Å². The van der Waals surface area contributed by atoms with Gasteiger partial charge in [0.05, 0.1) is 5.02 Å². The van der Waals surface area contributed by atoms with E-state index in [2.05, 4.69) is 9.88 Å². The molecule has 22 heavy (non-hydrogen) atoms. The third-order valence-corrected chi connectivity index (χ3v) is 3.74. The maximum absolute atomic E-state index is 10.3. The molecule has 8 heteroatoms. The summed E-state index contributed by atoms with van der Waals surface area (Å²) >= 11 is 17.8. The molecule has 0 saturated carbocycles. The van der Waals surface area contributed by atoms with Crippen LogP contribution in [0.15, 0.2) is 24.4 Å². The lowest BCUT2D eigenvalue weighted by Crippen LogP contribution is -2.27. The Bertz CT molecular complexity index is 591. The molecular weight excluding hydrogens is 389 g/mol. The zero-order chi connectivity index (χ0) is 14.5. The van der Waals surface area contributed by atoms with E-state index in [9.17, 15) is 5.11 Å². The molecule has 1 aromatic carbocycles. The van der Waals surface area contributed by atoms with E-state index in [4.69, 9.17) is 34.8 Å². The second-order valence-electron chi connectivity index (χ2n) is 4.42. The van der Waals surface area contributed by atoms with Gasteiger partial charge in [-0.05, 0) is 18.2 Å². The summed E-state index contributed by atoms with van der Waals surface area (Å²) in [5.74, 6) is 1.19. The number of nitrogens with zero attached hydrogens (tertiary/aromatic N) is 2. The Morgan fingerprint density at radius 3 is 2.36 bits per heavy atom. The molecule has 0 bridgehead atoms. The van der Waals surface area contributed by atoms with Crippen LogP contribution >= 0.6 is 59.6 Å². The molecule has 1 N–H and O–H groups in total. The summed E-state index contributed by atoms with van der Waals surface area (Å²) in [4.78, 5) is 6.27. The second kappa shape index (κ2) is 10.6. The van der Waals surface area contributed by atoms with E-state index in [1.54, 1.807) is 18.3 Å². The maximum atomic E-state index is 10.3. The van der Waals surface area contributed by atoms with E-state index in [1.165, 1.54) is 0 Å². The third-order valence-electron chi connectivity index (χ3n) is 3.09. The number of phenols is 1. The first-order chi connectivity index (χ1) is 9.67. The van der Waals surface area contributed by atoms with Crippen molar-refractivity contribution in [1.29, 1.82) is 0 Å². The minimum Gasteiger partial charge on any atom is -0.505 e. The largest absolute Gasteiger partial charge is 0.505 e. The van der Waals surface area contributed by atoms with Gasteiger partial charge in [-0.2, -0.15) is 0 Å². The van der Waals surface area contributed by atoms with Gasteiger partial charge in [0.1, 0.15) is 11.3 Å². The molecule has 3 nitrogen and oxygen atoms in total. The average molecular weight is 407 g/mol. The smallest absolute Gasteiger partial charge is 0.146 e. The summed E-state index contributed by atoms with van der Waals surface area (Å²) in [7, 11) is 0. The van der Waals surface area contributed by atoms with Crippen LogP contribution in [0.3, 0.4) is 0 Å². The van der Waals surface area contributed by atoms with Crippen LogP contribution in [-0.4, -0.2) is 39.8 Å². The molecule has 1 aromatic heterocycles. The van der Waals surface area contributed by atoms with Crippen molar-refractivity contribution in [3.8, 4) is 5.75 Å². The fraction of sp³-hybridized carbons (Fsp3) is 0.357. The average Bonchev–Trinajstić information content (AvgIpc) is 2.45. The molecule has 124 valence electrons. The lowest BCUT2D eigenvalue weighted by Gasteiger charge is -2.21. The zero-order valence-corrected chi connectivity index (χ0v) is 15.5. The molecule has 0 amide bonds. The fourth-order valence-corrected chi connectivity index (χ4v) is 2.87. The molecule has 0 radical (unpaired) electrons. The topological polar surface area (TPSA) is 36.4 Å². The van der Waals surface area contributed by atoms with Gasteiger partial charge >= 0.3 is 0 Å². The van der Waals surface area contributed by atoms with Crippen LogP contribution in [0.1, 0.15) is 5.56 Å². The number of fused-ring (bicyclic) bond motifs is 1. The molecule has 0 saturated heterocycles. The number of hydrogen-bond acceptors (Lipinski definition) is 3. The SMILES string of the molecule is Cl.Cl.Oc1c(CN(CCCl)CCCl)cc(Cl)c2cccnc12. The number of benzene rings is 1. The second-order valence-corrected chi connectivity index (χ2v) is 5.58. The monoisotopic (exact) mass is 404 g/mol. The highest BCUT2D eigenvalue weighted by Gasteiger charge is 2.14. The van der Waals surface area contributed by atoms with Crippen LogP contribution in [0, 0.1) is 0 Å². The van der Waals surface area contributed by atoms with Crippen molar-refractivity contribution >= 4 is 70.5 Å². The first-order valence-electron chi connectivity index (χ1n) is 6.26. The van der Waals surface area contributed by atoms with Crippen LogP contribution in [0.4, 0.5) is 0 Å². The summed E-state index contributed by atoms with van der Waals surface area (Å²) < 4.78 is 0. The number of aromatic nitrogens is 1. The molecule has 0 fully saturated rings. The van der Waals surface area contributed by atoms with Crippen molar-refractivity contribution in [1.82, 2.24) is 9.88 Å². The molecule has 0 aliphatic carbocycles. The molecule has 2 rings (SSSR count). The highest BCUT2D eigenvalue weighted by atomic mass is 35.5. The minimum atomic E-state index is 0. The van der Waals surface area contributed by atoms with Crippen molar-refractivity contribution < 1.29 is 5.11 Å². The number of aromatic hydroxyl groups is 1. The lowest BCUT2D eigenvalue weighted by molar-refractivity contribution is 0.294. The normalized spacial score (nSPS) is 10.4. The van der Waals surface area contributed by atoms with E-state index in [0.717, 1.165) is 10.9 Å². The van der Waals surface area contributed by atoms with E-state index in [-0.39, 0.29) is 30.6 Å². The number of alkyl halides is 2. The van der Waals surface area contributed by atoms with Gasteiger partial charge < -0.3 is 5.11 Å². The quantitative estimate of drug-likeness (QED) is 0.706. The fourth-order valence-electron chi connectivity index (χ4n) is 2.11. The van der Waals surface area contributed by atoms with Crippen LogP contribution < -0.4 is 0 Å². The van der Waals surface area contributed by atoms with Crippen LogP contribution in [0.25, 0.3) is 10.9 Å². The highest BCUT2D eigenvalue weighted by molar-refractivity contribution is 6.35. The number of pyridine rings is 1. The Hall–Kier alpha value is -0.160. The zero-order valence-electron chi connectivity index (χ0n) is 11.6. The standard InChI is InChI=1S/C14H15Cl3N2O.2ClH/c15-3-6-19(7-4-16)9-10-8-12(17)11-2-1-5-18-13(11)14(10)20;;/h1-2,5,8,20H,3-4,6-7,9H2;2*1H. The Morgan fingerprint density at radius 2 is 1.77 bits per heavy atom. The van der Waals surface area contributed by atoms with E-state index in [1.807, 2.05) is 6.07 Å². The van der Waals surface area contributed by atoms with Gasteiger partial charge in [0.2, 0.25) is 0 Å². The number of phenolic OH excluding ortho intramolecular Hbond substituents is 1. The molecule has 0 aliphatic rings. The van der Waals surface area contributed by atoms with Crippen molar-refractivity contribution in [2.45, 2.75) is 6.54 Å². The predicted molar refractivity (Wildman–Crippen MR) is 99.6 cm³/mol. The van der Waals surface area contributed by atoms with Crippen LogP contribution in [0.2, 0.25) is 5.02 Å². The summed E-state index contributed by atoms with van der Waals surface area (Å²) in [5, 5.41) is 11.7. The summed E-state index contributed by atoms with van der Waals surface area (Å²) in [6.45, 7) is 1.94. The molecule has 1 heterocycles. The van der Waals surface area contributed by atoms with E-state index < -0.39 is 0 Å². The van der Waals surface area contributed by atoms with Gasteiger partial charge in [-0.1, -0.05) is 11.6 Å². The van der Waals surface area contributed by atoms with Crippen LogP contribution in [0.5, 0.6) is 5.75 Å². The Labute approximate surface area is 157 Å². The Balaban J connectivity index is 0.00000220. The van der Waals surface area contributed by atoms with Gasteiger partial charge in [0, 0.05) is 48.5 Å². The molecule has 0 aliphatic heterocycles. The maximum Gasteiger partial charge on any atom is 0.146 e. The third kappa shape index (κ3) is 5.19. The van der Waals surface area contributed by atoms with Crippen molar-refractivity contribution in [2.24, 2.45) is 0 Å². The molecule has 0 atom stereocenters. The van der Waals surface area contributed by atoms with E-state index >= 15 is 0 Å². The summed E-state index contributed by atoms with van der Waals surface area (Å²) in [5.41, 5.74) is 1.25. The Morgan fingerprint density at radius 1 is 1.14 bits per heavy atom. The van der Waals surface area contributed by atoms with Gasteiger partial charge in [-0.15, -0.1) is 48.0 Å². The van der Waals surface area contributed by atoms with Gasteiger partial charge in [-0.3, -0.25) is 9.88 Å². The first-order valence-corrected chi connectivity index (χ1v) is 7.71. The lowest BCUT2D eigenvalue weighted by atomic mass is 10.1. The van der Waals surface area contributed by atoms with Crippen molar-refractivity contribution in [3.63, 3.8) is 0 Å². The van der Waals surface area contributed by atoms with Gasteiger partial charge in [0.25, 0.3) is 0 Å².